The Bertz CT molecular complexity index is 115. The van der Waals surface area contributed by atoms with Gasteiger partial charge in [-0.2, -0.15) is 0 Å². The Morgan fingerprint density at radius 2 is 2.00 bits per heavy atom. The maximum absolute atomic E-state index is 8.39. The Balaban J connectivity index is -0.000000500. The van der Waals surface area contributed by atoms with Crippen molar-refractivity contribution in [2.75, 3.05) is 26.3 Å². The molecule has 4 nitrogen and oxygen atoms in total. The SMILES string of the molecule is CCOC(=N)CCNCCO.Cl.Cl. The summed E-state index contributed by atoms with van der Waals surface area (Å²) in [7, 11) is 0. The second kappa shape index (κ2) is 14.5. The third-order valence-corrected chi connectivity index (χ3v) is 1.14. The van der Waals surface area contributed by atoms with Crippen molar-refractivity contribution in [1.29, 1.82) is 5.41 Å². The summed E-state index contributed by atoms with van der Waals surface area (Å²) < 4.78 is 4.90. The molecule has 0 spiro atoms. The maximum Gasteiger partial charge on any atom is 0.181 e. The summed E-state index contributed by atoms with van der Waals surface area (Å²) in [6.45, 7) is 3.83. The molecule has 0 aromatic heterocycles. The predicted molar refractivity (Wildman–Crippen MR) is 58.4 cm³/mol. The van der Waals surface area contributed by atoms with Crippen LogP contribution in [0.25, 0.3) is 0 Å². The molecule has 0 fully saturated rings. The molecule has 0 aliphatic carbocycles. The molecular formula is C7H18Cl2N2O2. The summed E-state index contributed by atoms with van der Waals surface area (Å²) in [6, 6.07) is 0. The van der Waals surface area contributed by atoms with Crippen LogP contribution >= 0.6 is 24.8 Å². The smallest absolute Gasteiger partial charge is 0.181 e. The molecule has 0 aliphatic rings. The summed E-state index contributed by atoms with van der Waals surface area (Å²) in [6.07, 6.45) is 0.591. The van der Waals surface area contributed by atoms with Crippen molar-refractivity contribution in [3.05, 3.63) is 0 Å². The van der Waals surface area contributed by atoms with E-state index in [1.165, 1.54) is 0 Å². The molecule has 13 heavy (non-hydrogen) atoms. The molecule has 0 saturated carbocycles. The van der Waals surface area contributed by atoms with E-state index in [4.69, 9.17) is 15.3 Å². The van der Waals surface area contributed by atoms with E-state index >= 15 is 0 Å². The Morgan fingerprint density at radius 1 is 1.38 bits per heavy atom. The van der Waals surface area contributed by atoms with Crippen molar-refractivity contribution in [3.63, 3.8) is 0 Å². The minimum absolute atomic E-state index is 0. The number of halogens is 2. The zero-order chi connectivity index (χ0) is 8.53. The Kier molecular flexibility index (Phi) is 20.8. The van der Waals surface area contributed by atoms with Gasteiger partial charge in [0.1, 0.15) is 0 Å². The number of aliphatic hydroxyl groups is 1. The normalized spacial score (nSPS) is 8.15. The molecule has 0 saturated heterocycles. The summed E-state index contributed by atoms with van der Waals surface area (Å²) in [4.78, 5) is 0. The third-order valence-electron chi connectivity index (χ3n) is 1.14. The Labute approximate surface area is 91.4 Å². The lowest BCUT2D eigenvalue weighted by molar-refractivity contribution is 0.289. The van der Waals surface area contributed by atoms with Crippen LogP contribution < -0.4 is 5.32 Å². The van der Waals surface area contributed by atoms with E-state index < -0.39 is 0 Å². The van der Waals surface area contributed by atoms with Crippen molar-refractivity contribution in [2.45, 2.75) is 13.3 Å². The predicted octanol–water partition coefficient (Wildman–Crippen LogP) is 0.816. The number of ether oxygens (including phenoxy) is 1. The molecule has 0 amide bonds. The molecule has 0 aromatic carbocycles. The van der Waals surface area contributed by atoms with Crippen LogP contribution in [0.4, 0.5) is 0 Å². The highest BCUT2D eigenvalue weighted by molar-refractivity contribution is 5.85. The van der Waals surface area contributed by atoms with E-state index in [2.05, 4.69) is 5.32 Å². The highest BCUT2D eigenvalue weighted by Crippen LogP contribution is 1.83. The monoisotopic (exact) mass is 232 g/mol. The van der Waals surface area contributed by atoms with Gasteiger partial charge in [0.2, 0.25) is 0 Å². The molecule has 3 N–H and O–H groups in total. The van der Waals surface area contributed by atoms with Crippen molar-refractivity contribution in [2.24, 2.45) is 0 Å². The average molecular weight is 233 g/mol. The van der Waals surface area contributed by atoms with Crippen LogP contribution in [0.5, 0.6) is 0 Å². The first-order valence-corrected chi connectivity index (χ1v) is 3.83. The van der Waals surface area contributed by atoms with Gasteiger partial charge in [0, 0.05) is 19.5 Å². The van der Waals surface area contributed by atoms with Crippen molar-refractivity contribution in [1.82, 2.24) is 5.32 Å². The van der Waals surface area contributed by atoms with Gasteiger partial charge in [0.15, 0.2) is 5.90 Å². The van der Waals surface area contributed by atoms with Crippen LogP contribution in [0.1, 0.15) is 13.3 Å². The minimum atomic E-state index is 0. The second-order valence-corrected chi connectivity index (χ2v) is 2.08. The Hall–Kier alpha value is -0.0300. The number of hydrogen-bond acceptors (Lipinski definition) is 4. The highest BCUT2D eigenvalue weighted by Gasteiger charge is 1.94. The van der Waals surface area contributed by atoms with Gasteiger partial charge in [-0.1, -0.05) is 0 Å². The molecule has 0 aromatic rings. The van der Waals surface area contributed by atoms with Gasteiger partial charge in [0.05, 0.1) is 13.2 Å². The summed E-state index contributed by atoms with van der Waals surface area (Å²) in [5, 5.41) is 18.5. The van der Waals surface area contributed by atoms with E-state index in [9.17, 15) is 0 Å². The van der Waals surface area contributed by atoms with Gasteiger partial charge in [-0.05, 0) is 6.92 Å². The number of aliphatic hydroxyl groups excluding tert-OH is 1. The molecule has 0 bridgehead atoms. The topological polar surface area (TPSA) is 65.3 Å². The average Bonchev–Trinajstić information content (AvgIpc) is 1.99. The second-order valence-electron chi connectivity index (χ2n) is 2.08. The van der Waals surface area contributed by atoms with Crippen LogP contribution in [0.15, 0.2) is 0 Å². The lowest BCUT2D eigenvalue weighted by atomic mass is 10.4. The molecular weight excluding hydrogens is 215 g/mol. The van der Waals surface area contributed by atoms with Gasteiger partial charge in [-0.3, -0.25) is 5.41 Å². The summed E-state index contributed by atoms with van der Waals surface area (Å²) in [5.41, 5.74) is 0. The van der Waals surface area contributed by atoms with E-state index in [1.54, 1.807) is 0 Å². The largest absolute Gasteiger partial charge is 0.481 e. The van der Waals surface area contributed by atoms with Gasteiger partial charge >= 0.3 is 0 Å². The van der Waals surface area contributed by atoms with Gasteiger partial charge < -0.3 is 15.2 Å². The summed E-state index contributed by atoms with van der Waals surface area (Å²) >= 11 is 0. The van der Waals surface area contributed by atoms with Crippen molar-refractivity contribution < 1.29 is 9.84 Å². The lowest BCUT2D eigenvalue weighted by Gasteiger charge is -2.04. The van der Waals surface area contributed by atoms with Crippen LogP contribution in [-0.2, 0) is 4.74 Å². The number of nitrogens with one attached hydrogen (secondary N) is 2. The number of rotatable bonds is 6. The molecule has 82 valence electrons. The van der Waals surface area contributed by atoms with Crippen LogP contribution in [0.2, 0.25) is 0 Å². The van der Waals surface area contributed by atoms with Crippen LogP contribution in [0.3, 0.4) is 0 Å². The van der Waals surface area contributed by atoms with E-state index in [-0.39, 0.29) is 31.4 Å². The van der Waals surface area contributed by atoms with Gasteiger partial charge in [0.25, 0.3) is 0 Å². The third kappa shape index (κ3) is 14.8. The van der Waals surface area contributed by atoms with Gasteiger partial charge in [-0.25, -0.2) is 0 Å². The molecule has 0 rings (SSSR count). The molecule has 6 heteroatoms. The first-order chi connectivity index (χ1) is 5.31. The van der Waals surface area contributed by atoms with Crippen molar-refractivity contribution in [3.8, 4) is 0 Å². The van der Waals surface area contributed by atoms with Crippen LogP contribution in [-0.4, -0.2) is 37.3 Å². The molecule has 0 unspecified atom stereocenters. The highest BCUT2D eigenvalue weighted by atomic mass is 35.5. The van der Waals surface area contributed by atoms with E-state index in [1.807, 2.05) is 6.92 Å². The quantitative estimate of drug-likeness (QED) is 0.361. The molecule has 0 atom stereocenters. The zero-order valence-corrected chi connectivity index (χ0v) is 9.34. The molecule has 0 heterocycles. The van der Waals surface area contributed by atoms with E-state index in [0.717, 1.165) is 0 Å². The molecule has 0 aliphatic heterocycles. The first kappa shape index (κ1) is 18.7. The lowest BCUT2D eigenvalue weighted by Crippen LogP contribution is -2.22. The van der Waals surface area contributed by atoms with Gasteiger partial charge in [-0.15, -0.1) is 24.8 Å². The zero-order valence-electron chi connectivity index (χ0n) is 7.71. The Morgan fingerprint density at radius 3 is 2.46 bits per heavy atom. The minimum Gasteiger partial charge on any atom is -0.481 e. The fourth-order valence-corrected chi connectivity index (χ4v) is 0.652. The fraction of sp³-hybridized carbons (Fsp3) is 0.857. The number of hydrogen-bond donors (Lipinski definition) is 3. The molecule has 0 radical (unpaired) electrons. The maximum atomic E-state index is 8.39. The van der Waals surface area contributed by atoms with Crippen LogP contribution in [0, 0.1) is 5.41 Å². The summed E-state index contributed by atoms with van der Waals surface area (Å²) in [5.74, 6) is 0.304. The fourth-order valence-electron chi connectivity index (χ4n) is 0.652. The van der Waals surface area contributed by atoms with E-state index in [0.29, 0.717) is 32.0 Å². The standard InChI is InChI=1S/C7H16N2O2.2ClH/c1-2-11-7(8)3-4-9-5-6-10;;/h8-10H,2-6H2,1H3;2*1H. The van der Waals surface area contributed by atoms with Crippen molar-refractivity contribution >= 4 is 30.7 Å². The first-order valence-electron chi connectivity index (χ1n) is 3.83.